The Labute approximate surface area is 142 Å². The summed E-state index contributed by atoms with van der Waals surface area (Å²) >= 11 is 1.47. The minimum Gasteiger partial charge on any atom is -0.340 e. The van der Waals surface area contributed by atoms with Crippen molar-refractivity contribution in [1.82, 2.24) is 9.97 Å². The number of para-hydroxylation sites is 2. The second kappa shape index (κ2) is 6.85. The number of thioether (sulfide) groups is 1. The lowest BCUT2D eigenvalue weighted by atomic mass is 9.97. The van der Waals surface area contributed by atoms with Crippen LogP contribution < -0.4 is 0 Å². The van der Waals surface area contributed by atoms with E-state index >= 15 is 0 Å². The zero-order valence-corrected chi connectivity index (χ0v) is 13.7. The van der Waals surface area contributed by atoms with Gasteiger partial charge in [-0.3, -0.25) is 4.79 Å². The highest BCUT2D eigenvalue weighted by molar-refractivity contribution is 7.97. The minimum atomic E-state index is -1.05. The molecule has 0 fully saturated rings. The molecule has 0 aliphatic carbocycles. The number of nitrogens with zero attached hydrogens (tertiary/aromatic N) is 2. The SMILES string of the molecule is CSCc1cc(C(=O)C(C#N)c2nc3ccccc3[nH]2)ccc1F. The highest BCUT2D eigenvalue weighted by atomic mass is 32.2. The molecule has 1 aromatic heterocycles. The second-order valence-electron chi connectivity index (χ2n) is 5.30. The van der Waals surface area contributed by atoms with Crippen LogP contribution in [0.15, 0.2) is 42.5 Å². The third-order valence-corrected chi connectivity index (χ3v) is 4.30. The van der Waals surface area contributed by atoms with Crippen LogP contribution in [0.5, 0.6) is 0 Å². The van der Waals surface area contributed by atoms with Gasteiger partial charge in [0.2, 0.25) is 0 Å². The number of aromatic nitrogens is 2. The van der Waals surface area contributed by atoms with Gasteiger partial charge < -0.3 is 4.98 Å². The smallest absolute Gasteiger partial charge is 0.187 e. The lowest BCUT2D eigenvalue weighted by Crippen LogP contribution is -2.13. The zero-order valence-electron chi connectivity index (χ0n) is 12.9. The van der Waals surface area contributed by atoms with Gasteiger partial charge in [0, 0.05) is 11.3 Å². The molecule has 1 unspecified atom stereocenters. The molecule has 0 bridgehead atoms. The molecule has 1 heterocycles. The van der Waals surface area contributed by atoms with Gasteiger partial charge in [-0.15, -0.1) is 0 Å². The predicted molar refractivity (Wildman–Crippen MR) is 92.4 cm³/mol. The van der Waals surface area contributed by atoms with Crippen LogP contribution in [0, 0.1) is 17.1 Å². The molecule has 24 heavy (non-hydrogen) atoms. The van der Waals surface area contributed by atoms with Crippen molar-refractivity contribution in [1.29, 1.82) is 5.26 Å². The number of Topliss-reactive ketones (excluding diaryl/α,β-unsaturated/α-hetero) is 1. The van der Waals surface area contributed by atoms with Crippen molar-refractivity contribution >= 4 is 28.6 Å². The van der Waals surface area contributed by atoms with Gasteiger partial charge in [-0.05, 0) is 42.2 Å². The van der Waals surface area contributed by atoms with Crippen LogP contribution in [0.1, 0.15) is 27.7 Å². The second-order valence-corrected chi connectivity index (χ2v) is 6.17. The van der Waals surface area contributed by atoms with Gasteiger partial charge >= 0.3 is 0 Å². The standard InChI is InChI=1S/C18H14FN3OS/c1-24-10-12-8-11(6-7-14(12)19)17(23)13(9-20)18-21-15-4-2-3-5-16(15)22-18/h2-8,13H,10H2,1H3,(H,21,22). The maximum absolute atomic E-state index is 13.8. The molecular weight excluding hydrogens is 325 g/mol. The van der Waals surface area contributed by atoms with E-state index in [4.69, 9.17) is 0 Å². The number of ketones is 1. The fourth-order valence-electron chi connectivity index (χ4n) is 2.51. The van der Waals surface area contributed by atoms with Gasteiger partial charge in [-0.1, -0.05) is 12.1 Å². The Hall–Kier alpha value is -2.65. The molecule has 0 amide bonds. The average Bonchev–Trinajstić information content (AvgIpc) is 3.01. The number of benzene rings is 2. The van der Waals surface area contributed by atoms with Crippen molar-refractivity contribution in [3.8, 4) is 6.07 Å². The number of carbonyl (C=O) groups is 1. The molecule has 1 atom stereocenters. The first-order valence-corrected chi connectivity index (χ1v) is 8.69. The molecular formula is C18H14FN3OS. The van der Waals surface area contributed by atoms with Crippen LogP contribution in [0.4, 0.5) is 4.39 Å². The highest BCUT2D eigenvalue weighted by Gasteiger charge is 2.25. The molecule has 120 valence electrons. The van der Waals surface area contributed by atoms with E-state index in [9.17, 15) is 14.4 Å². The Morgan fingerprint density at radius 3 is 2.88 bits per heavy atom. The van der Waals surface area contributed by atoms with E-state index in [1.54, 1.807) is 0 Å². The lowest BCUT2D eigenvalue weighted by Gasteiger charge is -2.08. The van der Waals surface area contributed by atoms with E-state index in [1.807, 2.05) is 36.6 Å². The number of carbonyl (C=O) groups excluding carboxylic acids is 1. The predicted octanol–water partition coefficient (Wildman–Crippen LogP) is 4.06. The van der Waals surface area contributed by atoms with Gasteiger partial charge in [0.05, 0.1) is 17.1 Å². The summed E-state index contributed by atoms with van der Waals surface area (Å²) in [6.07, 6.45) is 1.86. The molecule has 0 aliphatic heterocycles. The summed E-state index contributed by atoms with van der Waals surface area (Å²) in [7, 11) is 0. The van der Waals surface area contributed by atoms with Crippen LogP contribution in [-0.4, -0.2) is 22.0 Å². The number of H-pyrrole nitrogens is 1. The van der Waals surface area contributed by atoms with Crippen molar-refractivity contribution in [3.63, 3.8) is 0 Å². The van der Waals surface area contributed by atoms with E-state index in [0.717, 1.165) is 5.52 Å². The summed E-state index contributed by atoms with van der Waals surface area (Å²) in [5.41, 5.74) is 2.23. The number of hydrogen-bond donors (Lipinski definition) is 1. The lowest BCUT2D eigenvalue weighted by molar-refractivity contribution is 0.0976. The molecule has 0 aliphatic rings. The van der Waals surface area contributed by atoms with Crippen molar-refractivity contribution in [2.24, 2.45) is 0 Å². The molecule has 0 saturated heterocycles. The molecule has 1 N–H and O–H groups in total. The summed E-state index contributed by atoms with van der Waals surface area (Å²) in [6, 6.07) is 13.5. The fourth-order valence-corrected chi connectivity index (χ4v) is 3.05. The molecule has 2 aromatic carbocycles. The Balaban J connectivity index is 1.97. The third kappa shape index (κ3) is 3.03. The summed E-state index contributed by atoms with van der Waals surface area (Å²) in [6.45, 7) is 0. The van der Waals surface area contributed by atoms with Gasteiger partial charge in [0.15, 0.2) is 11.7 Å². The van der Waals surface area contributed by atoms with E-state index < -0.39 is 5.92 Å². The number of imidazole rings is 1. The summed E-state index contributed by atoms with van der Waals surface area (Å²) in [5.74, 6) is -1.02. The number of aromatic amines is 1. The first-order valence-electron chi connectivity index (χ1n) is 7.30. The highest BCUT2D eigenvalue weighted by Crippen LogP contribution is 2.23. The van der Waals surface area contributed by atoms with E-state index in [1.165, 1.54) is 30.0 Å². The molecule has 3 aromatic rings. The van der Waals surface area contributed by atoms with Crippen molar-refractivity contribution in [3.05, 3.63) is 65.2 Å². The van der Waals surface area contributed by atoms with Gasteiger partial charge in [0.1, 0.15) is 11.6 Å². The average molecular weight is 339 g/mol. The first kappa shape index (κ1) is 16.2. The minimum absolute atomic E-state index is 0.305. The summed E-state index contributed by atoms with van der Waals surface area (Å²) < 4.78 is 13.8. The Bertz CT molecular complexity index is 912. The Morgan fingerprint density at radius 1 is 1.38 bits per heavy atom. The number of nitriles is 1. The molecule has 4 nitrogen and oxygen atoms in total. The van der Waals surface area contributed by atoms with E-state index in [2.05, 4.69) is 9.97 Å². The molecule has 6 heteroatoms. The van der Waals surface area contributed by atoms with Crippen molar-refractivity contribution in [2.45, 2.75) is 11.7 Å². The monoisotopic (exact) mass is 339 g/mol. The number of nitrogens with one attached hydrogen (secondary N) is 1. The number of rotatable bonds is 5. The van der Waals surface area contributed by atoms with Crippen LogP contribution in [-0.2, 0) is 5.75 Å². The third-order valence-electron chi connectivity index (χ3n) is 3.70. The Morgan fingerprint density at radius 2 is 2.17 bits per heavy atom. The Kier molecular flexibility index (Phi) is 4.63. The largest absolute Gasteiger partial charge is 0.340 e. The normalized spacial score (nSPS) is 12.0. The van der Waals surface area contributed by atoms with Crippen molar-refractivity contribution < 1.29 is 9.18 Å². The molecule has 0 radical (unpaired) electrons. The number of fused-ring (bicyclic) bond motifs is 1. The van der Waals surface area contributed by atoms with E-state index in [-0.39, 0.29) is 11.6 Å². The first-order chi connectivity index (χ1) is 11.6. The molecule has 0 spiro atoms. The van der Waals surface area contributed by atoms with E-state index in [0.29, 0.717) is 28.2 Å². The summed E-state index contributed by atoms with van der Waals surface area (Å²) in [5, 5.41) is 9.45. The maximum Gasteiger partial charge on any atom is 0.187 e. The van der Waals surface area contributed by atoms with Gasteiger partial charge in [-0.25, -0.2) is 9.37 Å². The number of halogens is 1. The van der Waals surface area contributed by atoms with Crippen molar-refractivity contribution in [2.75, 3.05) is 6.26 Å². The van der Waals surface area contributed by atoms with Crippen LogP contribution in [0.2, 0.25) is 0 Å². The van der Waals surface area contributed by atoms with Gasteiger partial charge in [-0.2, -0.15) is 17.0 Å². The van der Waals surface area contributed by atoms with Crippen LogP contribution in [0.3, 0.4) is 0 Å². The van der Waals surface area contributed by atoms with Gasteiger partial charge in [0.25, 0.3) is 0 Å². The molecule has 0 saturated carbocycles. The zero-order chi connectivity index (χ0) is 17.1. The van der Waals surface area contributed by atoms with Crippen LogP contribution >= 0.6 is 11.8 Å². The van der Waals surface area contributed by atoms with Crippen LogP contribution in [0.25, 0.3) is 11.0 Å². The number of hydrogen-bond acceptors (Lipinski definition) is 4. The summed E-state index contributed by atoms with van der Waals surface area (Å²) in [4.78, 5) is 20.1. The quantitative estimate of drug-likeness (QED) is 0.712. The maximum atomic E-state index is 13.8. The fraction of sp³-hybridized carbons (Fsp3) is 0.167. The molecule has 3 rings (SSSR count). The topological polar surface area (TPSA) is 69.5 Å².